The molecule has 0 bridgehead atoms. The summed E-state index contributed by atoms with van der Waals surface area (Å²) in [5, 5.41) is 2.24. The van der Waals surface area contributed by atoms with E-state index in [4.69, 9.17) is 24.6 Å². The van der Waals surface area contributed by atoms with Gasteiger partial charge in [-0.2, -0.15) is 0 Å². The lowest BCUT2D eigenvalue weighted by molar-refractivity contribution is 0.546. The van der Waals surface area contributed by atoms with Crippen molar-refractivity contribution < 1.29 is 8.83 Å². The van der Waals surface area contributed by atoms with E-state index >= 15 is 0 Å². The number of aryl methyl sites for hydroxylation is 2. The van der Waals surface area contributed by atoms with Gasteiger partial charge >= 0.3 is 0 Å². The van der Waals surface area contributed by atoms with Crippen molar-refractivity contribution in [1.29, 1.82) is 0 Å². The first kappa shape index (κ1) is 28.5. The summed E-state index contributed by atoms with van der Waals surface area (Å²) in [5.41, 5.74) is 16.4. The molecule has 5 nitrogen and oxygen atoms in total. The topological polar surface area (TPSA) is 77.0 Å². The highest BCUT2D eigenvalue weighted by Crippen LogP contribution is 2.43. The Kier molecular flexibility index (Phi) is 7.04. The van der Waals surface area contributed by atoms with Crippen LogP contribution in [0.3, 0.4) is 0 Å². The summed E-state index contributed by atoms with van der Waals surface area (Å²) in [6.45, 7) is 0.515. The number of nitrogens with zero attached hydrogens (tertiary/aromatic N) is 2. The highest BCUT2D eigenvalue weighted by molar-refractivity contribution is 6.29. The standard InChI is InChI=1S/C43H35N3O2/c44-42(46-43(45-26-27-10-2-1-3-11-27)31-21-20-28-12-4-5-13-29(28)24-31)34-16-9-19-39-41(34)40-32(15-8-18-38(40)48-39)30-22-23-37-35(25-30)33-14-6-7-17-36(33)47-37/h1-5,7-8,10-13,15-18,20-25,28-29H,6,9,14,19,26H2,(H2,44,45,46). The molecule has 0 saturated carbocycles. The number of benzene rings is 3. The van der Waals surface area contributed by atoms with Crippen LogP contribution >= 0.6 is 0 Å². The van der Waals surface area contributed by atoms with Crippen molar-refractivity contribution in [3.63, 3.8) is 0 Å². The van der Waals surface area contributed by atoms with Gasteiger partial charge in [0.25, 0.3) is 0 Å². The molecule has 0 amide bonds. The first-order valence-corrected chi connectivity index (χ1v) is 16.9. The molecule has 0 spiro atoms. The fourth-order valence-corrected chi connectivity index (χ4v) is 7.47. The van der Waals surface area contributed by atoms with Crippen molar-refractivity contribution in [2.45, 2.75) is 32.2 Å². The van der Waals surface area contributed by atoms with Crippen molar-refractivity contribution in [3.05, 3.63) is 155 Å². The van der Waals surface area contributed by atoms with Crippen LogP contribution in [-0.4, -0.2) is 11.7 Å². The third-order valence-corrected chi connectivity index (χ3v) is 9.85. The zero-order valence-corrected chi connectivity index (χ0v) is 26.6. The molecule has 5 aromatic rings. The average molecular weight is 626 g/mol. The van der Waals surface area contributed by atoms with Gasteiger partial charge in [0.05, 0.1) is 6.54 Å². The van der Waals surface area contributed by atoms with E-state index in [0.29, 0.717) is 24.1 Å². The summed E-state index contributed by atoms with van der Waals surface area (Å²) >= 11 is 0. The molecule has 48 heavy (non-hydrogen) atoms. The van der Waals surface area contributed by atoms with Crippen molar-refractivity contribution >= 4 is 45.3 Å². The number of fused-ring (bicyclic) bond motifs is 7. The molecule has 2 N–H and O–H groups in total. The van der Waals surface area contributed by atoms with E-state index in [2.05, 4.69) is 109 Å². The minimum absolute atomic E-state index is 0.267. The Morgan fingerprint density at radius 1 is 0.833 bits per heavy atom. The molecule has 2 unspecified atom stereocenters. The third kappa shape index (κ3) is 5.03. The maximum Gasteiger partial charge on any atom is 0.157 e. The maximum absolute atomic E-state index is 7.01. The molecule has 0 aliphatic heterocycles. The fourth-order valence-electron chi connectivity index (χ4n) is 7.47. The van der Waals surface area contributed by atoms with Crippen LogP contribution in [0.1, 0.15) is 41.1 Å². The van der Waals surface area contributed by atoms with Crippen LogP contribution in [0.4, 0.5) is 0 Å². The number of allylic oxidation sites excluding steroid dienone is 8. The van der Waals surface area contributed by atoms with Crippen LogP contribution < -0.4 is 5.73 Å². The molecule has 2 aromatic heterocycles. The van der Waals surface area contributed by atoms with E-state index in [1.165, 1.54) is 10.9 Å². The summed E-state index contributed by atoms with van der Waals surface area (Å²) < 4.78 is 12.7. The van der Waals surface area contributed by atoms with Crippen LogP contribution in [0, 0.1) is 11.8 Å². The zero-order chi connectivity index (χ0) is 32.0. The van der Waals surface area contributed by atoms with Crippen molar-refractivity contribution in [1.82, 2.24) is 0 Å². The van der Waals surface area contributed by atoms with Crippen molar-refractivity contribution in [2.75, 3.05) is 0 Å². The van der Waals surface area contributed by atoms with Gasteiger partial charge in [-0.05, 0) is 60.2 Å². The number of nitrogens with two attached hydrogens (primary N) is 1. The minimum atomic E-state index is 0.267. The van der Waals surface area contributed by atoms with E-state index in [1.807, 2.05) is 18.2 Å². The normalized spacial score (nSPS) is 20.1. The van der Waals surface area contributed by atoms with Gasteiger partial charge in [-0.25, -0.2) is 4.99 Å². The molecule has 5 heteroatoms. The van der Waals surface area contributed by atoms with Crippen LogP contribution in [0.15, 0.2) is 146 Å². The number of hydrogen-bond acceptors (Lipinski definition) is 3. The van der Waals surface area contributed by atoms with Gasteiger partial charge < -0.3 is 14.6 Å². The Balaban J connectivity index is 1.14. The SMILES string of the molecule is N/C(=N\C(=N/Cc1ccccc1)C1=CC2C=CC=CC2C=C1)C1=CCCc2oc3cccc(-c4ccc5oc6c(c5c4)CCC=C6)c3c21. The van der Waals surface area contributed by atoms with Gasteiger partial charge in [-0.15, -0.1) is 0 Å². The van der Waals surface area contributed by atoms with Crippen LogP contribution in [0.25, 0.3) is 44.7 Å². The second-order valence-electron chi connectivity index (χ2n) is 12.9. The van der Waals surface area contributed by atoms with Gasteiger partial charge in [0.1, 0.15) is 28.5 Å². The largest absolute Gasteiger partial charge is 0.460 e. The van der Waals surface area contributed by atoms with Gasteiger partial charge in [-0.3, -0.25) is 4.99 Å². The predicted octanol–water partition coefficient (Wildman–Crippen LogP) is 9.95. The van der Waals surface area contributed by atoms with Crippen LogP contribution in [-0.2, 0) is 19.4 Å². The Hall–Kier alpha value is -5.68. The lowest BCUT2D eigenvalue weighted by atomic mass is 9.83. The maximum atomic E-state index is 7.01. The minimum Gasteiger partial charge on any atom is -0.460 e. The average Bonchev–Trinajstić information content (AvgIpc) is 3.71. The van der Waals surface area contributed by atoms with Gasteiger partial charge in [0.15, 0.2) is 5.84 Å². The third-order valence-electron chi connectivity index (χ3n) is 9.85. The van der Waals surface area contributed by atoms with E-state index in [0.717, 1.165) is 87.2 Å². The molecule has 0 radical (unpaired) electrons. The number of furan rings is 2. The van der Waals surface area contributed by atoms with E-state index in [-0.39, 0.29) is 5.92 Å². The lowest BCUT2D eigenvalue weighted by Gasteiger charge is -2.23. The Morgan fingerprint density at radius 3 is 2.65 bits per heavy atom. The monoisotopic (exact) mass is 625 g/mol. The summed E-state index contributed by atoms with van der Waals surface area (Å²) in [4.78, 5) is 10.1. The van der Waals surface area contributed by atoms with Crippen LogP contribution in [0.2, 0.25) is 0 Å². The van der Waals surface area contributed by atoms with Gasteiger partial charge in [0, 0.05) is 51.3 Å². The predicted molar refractivity (Wildman–Crippen MR) is 197 cm³/mol. The fraction of sp³-hybridized carbons (Fsp3) is 0.163. The number of hydrogen-bond donors (Lipinski definition) is 1. The summed E-state index contributed by atoms with van der Waals surface area (Å²) in [5.74, 6) is 3.62. The van der Waals surface area contributed by atoms with E-state index < -0.39 is 0 Å². The van der Waals surface area contributed by atoms with Crippen molar-refractivity contribution in [2.24, 2.45) is 27.6 Å². The molecule has 2 heterocycles. The molecule has 4 aliphatic rings. The number of rotatable bonds is 5. The highest BCUT2D eigenvalue weighted by atomic mass is 16.3. The second-order valence-corrected chi connectivity index (χ2v) is 12.9. The zero-order valence-electron chi connectivity index (χ0n) is 26.6. The quantitative estimate of drug-likeness (QED) is 0.156. The molecule has 9 rings (SSSR count). The molecule has 4 aliphatic carbocycles. The Labute approximate surface area is 279 Å². The Morgan fingerprint density at radius 2 is 1.73 bits per heavy atom. The second kappa shape index (κ2) is 11.8. The number of aliphatic imine (C=N–C) groups is 2. The van der Waals surface area contributed by atoms with Gasteiger partial charge in [-0.1, -0.05) is 103 Å². The summed E-state index contributed by atoms with van der Waals surface area (Å²) in [7, 11) is 0. The molecular formula is C43H35N3O2. The highest BCUT2D eigenvalue weighted by Gasteiger charge is 2.27. The number of amidine groups is 2. The molecule has 0 fully saturated rings. The molecular weight excluding hydrogens is 590 g/mol. The van der Waals surface area contributed by atoms with E-state index in [1.54, 1.807) is 0 Å². The molecule has 3 aromatic carbocycles. The Bertz CT molecular complexity index is 2340. The molecule has 2 atom stereocenters. The molecule has 234 valence electrons. The molecule has 0 saturated heterocycles. The first-order chi connectivity index (χ1) is 23.7. The first-order valence-electron chi connectivity index (χ1n) is 16.9. The lowest BCUT2D eigenvalue weighted by Crippen LogP contribution is -2.20. The van der Waals surface area contributed by atoms with Gasteiger partial charge in [0.2, 0.25) is 0 Å². The van der Waals surface area contributed by atoms with Crippen molar-refractivity contribution in [3.8, 4) is 11.1 Å². The smallest absolute Gasteiger partial charge is 0.157 e. The van der Waals surface area contributed by atoms with E-state index in [9.17, 15) is 0 Å². The van der Waals surface area contributed by atoms with Crippen LogP contribution in [0.5, 0.6) is 0 Å². The summed E-state index contributed by atoms with van der Waals surface area (Å²) in [6.07, 6.45) is 25.5. The summed E-state index contributed by atoms with van der Waals surface area (Å²) in [6, 6.07) is 23.1.